The van der Waals surface area contributed by atoms with Crippen LogP contribution in [-0.2, 0) is 24.0 Å². The molecule has 1 unspecified atom stereocenters. The minimum atomic E-state index is -3.64. The third kappa shape index (κ3) is 2.88. The molecule has 124 valence electrons. The number of Topliss-reactive ketones (excluding diaryl/α,β-unsaturated/α-hetero) is 5. The van der Waals surface area contributed by atoms with E-state index in [0.717, 1.165) is 6.92 Å². The lowest BCUT2D eigenvalue weighted by atomic mass is 9.69. The molecule has 0 aliphatic carbocycles. The van der Waals surface area contributed by atoms with Gasteiger partial charge in [-0.25, -0.2) is 0 Å². The number of aliphatic hydroxyl groups excluding tert-OH is 2. The molecular formula is C13H18O9. The van der Waals surface area contributed by atoms with Crippen LogP contribution in [0.1, 0.15) is 27.7 Å². The van der Waals surface area contributed by atoms with Gasteiger partial charge < -0.3 is 20.4 Å². The predicted molar refractivity (Wildman–Crippen MR) is 69.6 cm³/mol. The molecule has 0 heterocycles. The third-order valence-corrected chi connectivity index (χ3v) is 3.39. The number of carbonyl (C=O) groups is 5. The van der Waals surface area contributed by atoms with Gasteiger partial charge in [0.05, 0.1) is 0 Å². The standard InChI is InChI=1S/C13H18O9/c1-5(14)9(18)11(20)13(22,8(4)17)12(21,7(3)16)10(19)6(2)15/h9,11,18,20-22H,1-4H3/t9?,11-,12+,13-/m1/s1. The maximum Gasteiger partial charge on any atom is 0.240 e. The van der Waals surface area contributed by atoms with Gasteiger partial charge >= 0.3 is 0 Å². The van der Waals surface area contributed by atoms with E-state index in [0.29, 0.717) is 20.8 Å². The van der Waals surface area contributed by atoms with Crippen LogP contribution in [-0.4, -0.2) is 72.8 Å². The number of hydrogen-bond acceptors (Lipinski definition) is 9. The minimum Gasteiger partial charge on any atom is -0.386 e. The fraction of sp³-hybridized carbons (Fsp3) is 0.615. The SMILES string of the molecule is CC(=O)C(=O)[C@@](O)(C(C)=O)[C@@](O)(C(C)=O)[C@H](O)C(O)C(C)=O. The van der Waals surface area contributed by atoms with Crippen LogP contribution in [0.3, 0.4) is 0 Å². The topological polar surface area (TPSA) is 166 Å². The van der Waals surface area contributed by atoms with Crippen molar-refractivity contribution in [2.24, 2.45) is 0 Å². The van der Waals surface area contributed by atoms with Gasteiger partial charge in [0.15, 0.2) is 28.7 Å². The number of hydrogen-bond donors (Lipinski definition) is 4. The van der Waals surface area contributed by atoms with Crippen LogP contribution in [0.5, 0.6) is 0 Å². The first-order valence-electron chi connectivity index (χ1n) is 6.14. The fourth-order valence-electron chi connectivity index (χ4n) is 1.98. The molecule has 0 aliphatic rings. The van der Waals surface area contributed by atoms with Crippen molar-refractivity contribution in [2.75, 3.05) is 0 Å². The lowest BCUT2D eigenvalue weighted by Gasteiger charge is -2.42. The summed E-state index contributed by atoms with van der Waals surface area (Å²) in [7, 11) is 0. The zero-order valence-electron chi connectivity index (χ0n) is 12.5. The Morgan fingerprint density at radius 1 is 0.818 bits per heavy atom. The van der Waals surface area contributed by atoms with Crippen molar-refractivity contribution in [3.05, 3.63) is 0 Å². The molecule has 0 aromatic heterocycles. The Bertz CT molecular complexity index is 538. The van der Waals surface area contributed by atoms with Gasteiger partial charge in [-0.05, 0) is 20.8 Å². The van der Waals surface area contributed by atoms with Crippen molar-refractivity contribution in [3.63, 3.8) is 0 Å². The van der Waals surface area contributed by atoms with Crippen LogP contribution in [0.25, 0.3) is 0 Å². The first-order valence-corrected chi connectivity index (χ1v) is 6.14. The Kier molecular flexibility index (Phi) is 5.99. The summed E-state index contributed by atoms with van der Waals surface area (Å²) in [5.41, 5.74) is -7.22. The summed E-state index contributed by atoms with van der Waals surface area (Å²) in [6, 6.07) is 0. The summed E-state index contributed by atoms with van der Waals surface area (Å²) < 4.78 is 0. The number of carbonyl (C=O) groups excluding carboxylic acids is 5. The van der Waals surface area contributed by atoms with Gasteiger partial charge in [-0.1, -0.05) is 0 Å². The van der Waals surface area contributed by atoms with Gasteiger partial charge in [0.2, 0.25) is 11.4 Å². The van der Waals surface area contributed by atoms with Crippen molar-refractivity contribution >= 4 is 28.9 Å². The average molecular weight is 318 g/mol. The maximum absolute atomic E-state index is 11.8. The number of aliphatic hydroxyl groups is 4. The molecule has 4 atom stereocenters. The largest absolute Gasteiger partial charge is 0.386 e. The van der Waals surface area contributed by atoms with Crippen molar-refractivity contribution in [2.45, 2.75) is 51.1 Å². The summed E-state index contributed by atoms with van der Waals surface area (Å²) in [5, 5.41) is 40.0. The molecule has 0 bridgehead atoms. The van der Waals surface area contributed by atoms with Crippen molar-refractivity contribution in [3.8, 4) is 0 Å². The average Bonchev–Trinajstić information content (AvgIpc) is 2.41. The van der Waals surface area contributed by atoms with E-state index in [1.165, 1.54) is 0 Å². The Hall–Kier alpha value is -1.81. The Labute approximate surface area is 125 Å². The smallest absolute Gasteiger partial charge is 0.240 e. The Morgan fingerprint density at radius 3 is 1.45 bits per heavy atom. The zero-order valence-corrected chi connectivity index (χ0v) is 12.5. The lowest BCUT2D eigenvalue weighted by Crippen LogP contribution is -2.74. The van der Waals surface area contributed by atoms with Crippen LogP contribution >= 0.6 is 0 Å². The van der Waals surface area contributed by atoms with Crippen LogP contribution in [0.2, 0.25) is 0 Å². The zero-order chi connectivity index (χ0) is 18.0. The third-order valence-electron chi connectivity index (χ3n) is 3.39. The van der Waals surface area contributed by atoms with Gasteiger partial charge in [0, 0.05) is 6.92 Å². The number of rotatable bonds is 8. The van der Waals surface area contributed by atoms with E-state index < -0.39 is 52.3 Å². The lowest BCUT2D eigenvalue weighted by molar-refractivity contribution is -0.214. The molecule has 0 aromatic carbocycles. The molecule has 9 nitrogen and oxygen atoms in total. The summed E-state index contributed by atoms with van der Waals surface area (Å²) in [4.78, 5) is 57.5. The van der Waals surface area contributed by atoms with E-state index >= 15 is 0 Å². The quantitative estimate of drug-likeness (QED) is 0.271. The fourth-order valence-corrected chi connectivity index (χ4v) is 1.98. The molecule has 22 heavy (non-hydrogen) atoms. The maximum atomic E-state index is 11.8. The molecule has 4 N–H and O–H groups in total. The molecule has 0 spiro atoms. The second-order valence-corrected chi connectivity index (χ2v) is 4.97. The number of ketones is 5. The van der Waals surface area contributed by atoms with E-state index in [1.807, 2.05) is 0 Å². The van der Waals surface area contributed by atoms with E-state index in [9.17, 15) is 44.4 Å². The van der Waals surface area contributed by atoms with Crippen molar-refractivity contribution < 1.29 is 44.4 Å². The van der Waals surface area contributed by atoms with Crippen LogP contribution in [0, 0.1) is 0 Å². The highest BCUT2D eigenvalue weighted by atomic mass is 16.4. The summed E-state index contributed by atoms with van der Waals surface area (Å²) in [6.07, 6.45) is -5.08. The van der Waals surface area contributed by atoms with E-state index in [-0.39, 0.29) is 0 Å². The normalized spacial score (nSPS) is 19.3. The van der Waals surface area contributed by atoms with Gasteiger partial charge in [-0.3, -0.25) is 24.0 Å². The molecule has 0 saturated carbocycles. The molecule has 0 amide bonds. The highest BCUT2D eigenvalue weighted by Gasteiger charge is 2.67. The van der Waals surface area contributed by atoms with Gasteiger partial charge in [-0.2, -0.15) is 0 Å². The molecule has 9 heteroatoms. The molecule has 0 aliphatic heterocycles. The summed E-state index contributed by atoms with van der Waals surface area (Å²) >= 11 is 0. The van der Waals surface area contributed by atoms with Crippen molar-refractivity contribution in [1.29, 1.82) is 0 Å². The monoisotopic (exact) mass is 318 g/mol. The molecule has 0 radical (unpaired) electrons. The van der Waals surface area contributed by atoms with Gasteiger partial charge in [0.1, 0.15) is 12.2 Å². The molecule has 0 rings (SSSR count). The van der Waals surface area contributed by atoms with Crippen LogP contribution in [0.15, 0.2) is 0 Å². The highest BCUT2D eigenvalue weighted by molar-refractivity contribution is 6.45. The van der Waals surface area contributed by atoms with E-state index in [2.05, 4.69) is 0 Å². The van der Waals surface area contributed by atoms with Gasteiger partial charge in [0.25, 0.3) is 0 Å². The molecule has 0 aromatic rings. The second-order valence-electron chi connectivity index (χ2n) is 4.97. The highest BCUT2D eigenvalue weighted by Crippen LogP contribution is 2.32. The first kappa shape index (κ1) is 20.2. The molecule has 0 saturated heterocycles. The van der Waals surface area contributed by atoms with Gasteiger partial charge in [-0.15, -0.1) is 0 Å². The molecular weight excluding hydrogens is 300 g/mol. The second kappa shape index (κ2) is 6.53. The minimum absolute atomic E-state index is 0.599. The van der Waals surface area contributed by atoms with Crippen LogP contribution < -0.4 is 0 Å². The Balaban J connectivity index is 6.48. The van der Waals surface area contributed by atoms with E-state index in [1.54, 1.807) is 0 Å². The van der Waals surface area contributed by atoms with E-state index in [4.69, 9.17) is 0 Å². The van der Waals surface area contributed by atoms with Crippen molar-refractivity contribution in [1.82, 2.24) is 0 Å². The predicted octanol–water partition coefficient (Wildman–Crippen LogP) is -2.90. The summed E-state index contributed by atoms with van der Waals surface area (Å²) in [5.74, 6) is -7.34. The first-order chi connectivity index (χ1) is 9.76. The van der Waals surface area contributed by atoms with Crippen LogP contribution in [0.4, 0.5) is 0 Å². The summed E-state index contributed by atoms with van der Waals surface area (Å²) in [6.45, 7) is 2.68. The molecule has 0 fully saturated rings. The Morgan fingerprint density at radius 2 is 1.23 bits per heavy atom.